The zero-order valence-electron chi connectivity index (χ0n) is 6.11. The molecule has 0 saturated heterocycles. The highest BCUT2D eigenvalue weighted by atomic mass is 14.9. The van der Waals surface area contributed by atoms with E-state index in [-0.39, 0.29) is 0 Å². The topological polar surface area (TPSA) is 38.0 Å². The maximum Gasteiger partial charge on any atom is 0.0141 e. The highest BCUT2D eigenvalue weighted by Crippen LogP contribution is 1.88. The molecule has 0 aliphatic rings. The van der Waals surface area contributed by atoms with Gasteiger partial charge in [-0.25, -0.2) is 0 Å². The lowest BCUT2D eigenvalue weighted by Gasteiger charge is -2.05. The summed E-state index contributed by atoms with van der Waals surface area (Å²) in [5.41, 5.74) is 6.36. The Morgan fingerprint density at radius 1 is 1.67 bits per heavy atom. The first-order valence-corrected chi connectivity index (χ1v) is 3.43. The minimum atomic E-state index is 0.690. The number of rotatable bonds is 5. The van der Waals surface area contributed by atoms with Crippen LogP contribution in [0.5, 0.6) is 0 Å². The van der Waals surface area contributed by atoms with Crippen LogP contribution in [-0.2, 0) is 0 Å². The Bertz CT molecular complexity index is 79.0. The van der Waals surface area contributed by atoms with E-state index < -0.39 is 0 Å². The Morgan fingerprint density at radius 3 is 2.78 bits per heavy atom. The maximum absolute atomic E-state index is 5.30. The third-order valence-corrected chi connectivity index (χ3v) is 1.07. The van der Waals surface area contributed by atoms with Crippen LogP contribution in [0.4, 0.5) is 0 Å². The average Bonchev–Trinajstić information content (AvgIpc) is 1.85. The second kappa shape index (κ2) is 5.63. The van der Waals surface area contributed by atoms with Crippen LogP contribution in [0, 0.1) is 0 Å². The summed E-state index contributed by atoms with van der Waals surface area (Å²) in [6.07, 6.45) is 2.03. The minimum absolute atomic E-state index is 0.690. The summed E-state index contributed by atoms with van der Waals surface area (Å²) in [6, 6.07) is 0. The molecule has 54 valence electrons. The maximum atomic E-state index is 5.30. The molecule has 0 aromatic heterocycles. The van der Waals surface area contributed by atoms with Gasteiger partial charge in [0.2, 0.25) is 0 Å². The normalized spacial score (nSPS) is 9.11. The first-order valence-electron chi connectivity index (χ1n) is 3.43. The van der Waals surface area contributed by atoms with Crippen LogP contribution in [0.3, 0.4) is 0 Å². The van der Waals surface area contributed by atoms with E-state index in [1.54, 1.807) is 0 Å². The van der Waals surface area contributed by atoms with E-state index in [0.717, 1.165) is 25.1 Å². The van der Waals surface area contributed by atoms with Gasteiger partial charge in [0.05, 0.1) is 0 Å². The van der Waals surface area contributed by atoms with E-state index in [9.17, 15) is 0 Å². The van der Waals surface area contributed by atoms with Gasteiger partial charge in [0.15, 0.2) is 0 Å². The van der Waals surface area contributed by atoms with Crippen molar-refractivity contribution in [3.05, 3.63) is 12.3 Å². The van der Waals surface area contributed by atoms with Gasteiger partial charge in [-0.3, -0.25) is 0 Å². The molecule has 9 heavy (non-hydrogen) atoms. The quantitative estimate of drug-likeness (QED) is 0.576. The summed E-state index contributed by atoms with van der Waals surface area (Å²) in [5.74, 6) is 0. The van der Waals surface area contributed by atoms with Crippen LogP contribution >= 0.6 is 0 Å². The van der Waals surface area contributed by atoms with E-state index in [4.69, 9.17) is 5.73 Å². The molecule has 0 aliphatic heterocycles. The van der Waals surface area contributed by atoms with Crippen LogP contribution in [0.15, 0.2) is 12.3 Å². The van der Waals surface area contributed by atoms with Crippen molar-refractivity contribution in [3.8, 4) is 0 Å². The van der Waals surface area contributed by atoms with E-state index in [2.05, 4.69) is 18.8 Å². The number of nitrogens with one attached hydrogen (secondary N) is 1. The predicted molar refractivity (Wildman–Crippen MR) is 41.1 cm³/mol. The van der Waals surface area contributed by atoms with Gasteiger partial charge in [0, 0.05) is 12.2 Å². The first-order chi connectivity index (χ1) is 4.31. The summed E-state index contributed by atoms with van der Waals surface area (Å²) >= 11 is 0. The molecule has 0 aliphatic carbocycles. The fourth-order valence-corrected chi connectivity index (χ4v) is 0.564. The van der Waals surface area contributed by atoms with Gasteiger partial charge in [-0.05, 0) is 19.4 Å². The lowest BCUT2D eigenvalue weighted by atomic mass is 10.3. The highest BCUT2D eigenvalue weighted by molar-refractivity contribution is 4.90. The minimum Gasteiger partial charge on any atom is -0.389 e. The van der Waals surface area contributed by atoms with Gasteiger partial charge < -0.3 is 11.1 Å². The van der Waals surface area contributed by atoms with E-state index in [1.807, 2.05) is 0 Å². The molecule has 0 aromatic carbocycles. The molecule has 0 amide bonds. The van der Waals surface area contributed by atoms with Crippen LogP contribution < -0.4 is 11.1 Å². The summed E-state index contributed by atoms with van der Waals surface area (Å²) in [6.45, 7) is 7.62. The molecule has 2 heteroatoms. The van der Waals surface area contributed by atoms with Crippen molar-refractivity contribution in [1.82, 2.24) is 5.32 Å². The fourth-order valence-electron chi connectivity index (χ4n) is 0.564. The molecule has 0 saturated carbocycles. The van der Waals surface area contributed by atoms with E-state index in [1.165, 1.54) is 0 Å². The third-order valence-electron chi connectivity index (χ3n) is 1.07. The SMILES string of the molecule is C=C(CCN)NCCC. The Hall–Kier alpha value is -0.500. The number of hydrogen-bond donors (Lipinski definition) is 2. The Labute approximate surface area is 57.1 Å². The van der Waals surface area contributed by atoms with Crippen LogP contribution in [-0.4, -0.2) is 13.1 Å². The Kier molecular flexibility index (Phi) is 5.32. The van der Waals surface area contributed by atoms with Crippen molar-refractivity contribution in [2.24, 2.45) is 5.73 Å². The molecule has 0 unspecified atom stereocenters. The van der Waals surface area contributed by atoms with Gasteiger partial charge in [-0.2, -0.15) is 0 Å². The van der Waals surface area contributed by atoms with Gasteiger partial charge in [-0.1, -0.05) is 13.5 Å². The molecule has 0 aromatic rings. The van der Waals surface area contributed by atoms with Gasteiger partial charge in [-0.15, -0.1) is 0 Å². The summed E-state index contributed by atoms with van der Waals surface area (Å²) in [5, 5.41) is 3.16. The smallest absolute Gasteiger partial charge is 0.0141 e. The second-order valence-electron chi connectivity index (χ2n) is 2.07. The largest absolute Gasteiger partial charge is 0.389 e. The molecule has 0 bridgehead atoms. The van der Waals surface area contributed by atoms with E-state index >= 15 is 0 Å². The third kappa shape index (κ3) is 5.37. The van der Waals surface area contributed by atoms with Crippen molar-refractivity contribution >= 4 is 0 Å². The van der Waals surface area contributed by atoms with E-state index in [0.29, 0.717) is 6.54 Å². The highest BCUT2D eigenvalue weighted by Gasteiger charge is 1.87. The lowest BCUT2D eigenvalue weighted by Crippen LogP contribution is -2.15. The zero-order valence-corrected chi connectivity index (χ0v) is 6.11. The first kappa shape index (κ1) is 8.50. The van der Waals surface area contributed by atoms with Gasteiger partial charge >= 0.3 is 0 Å². The van der Waals surface area contributed by atoms with Crippen molar-refractivity contribution in [3.63, 3.8) is 0 Å². The molecule has 0 radical (unpaired) electrons. The molecule has 0 fully saturated rings. The summed E-state index contributed by atoms with van der Waals surface area (Å²) in [7, 11) is 0. The molecule has 0 rings (SSSR count). The standard InChI is InChI=1S/C7H16N2/c1-3-6-9-7(2)4-5-8/h9H,2-6,8H2,1H3. The van der Waals surface area contributed by atoms with Crippen molar-refractivity contribution < 1.29 is 0 Å². The fraction of sp³-hybridized carbons (Fsp3) is 0.714. The second-order valence-corrected chi connectivity index (χ2v) is 2.07. The molecule has 0 heterocycles. The summed E-state index contributed by atoms with van der Waals surface area (Å²) < 4.78 is 0. The van der Waals surface area contributed by atoms with Crippen LogP contribution in [0.2, 0.25) is 0 Å². The molecule has 0 spiro atoms. The number of nitrogens with two attached hydrogens (primary N) is 1. The zero-order chi connectivity index (χ0) is 7.11. The average molecular weight is 128 g/mol. The molecular weight excluding hydrogens is 112 g/mol. The van der Waals surface area contributed by atoms with Gasteiger partial charge in [0.1, 0.15) is 0 Å². The van der Waals surface area contributed by atoms with Crippen LogP contribution in [0.1, 0.15) is 19.8 Å². The molecular formula is C7H16N2. The van der Waals surface area contributed by atoms with Crippen molar-refractivity contribution in [2.75, 3.05) is 13.1 Å². The van der Waals surface area contributed by atoms with Crippen molar-refractivity contribution in [1.29, 1.82) is 0 Å². The summed E-state index contributed by atoms with van der Waals surface area (Å²) in [4.78, 5) is 0. The molecule has 3 N–H and O–H groups in total. The lowest BCUT2D eigenvalue weighted by molar-refractivity contribution is 0.731. The predicted octanol–water partition coefficient (Wildman–Crippen LogP) is 0.849. The van der Waals surface area contributed by atoms with Crippen LogP contribution in [0.25, 0.3) is 0 Å². The van der Waals surface area contributed by atoms with Crippen molar-refractivity contribution in [2.45, 2.75) is 19.8 Å². The number of hydrogen-bond acceptors (Lipinski definition) is 2. The Morgan fingerprint density at radius 2 is 2.33 bits per heavy atom. The monoisotopic (exact) mass is 128 g/mol. The molecule has 0 atom stereocenters. The molecule has 2 nitrogen and oxygen atoms in total. The Balaban J connectivity index is 3.06. The van der Waals surface area contributed by atoms with Gasteiger partial charge in [0.25, 0.3) is 0 Å².